The lowest BCUT2D eigenvalue weighted by atomic mass is 9.91. The summed E-state index contributed by atoms with van der Waals surface area (Å²) in [4.78, 5) is 0. The average molecular weight is 368 g/mol. The third-order valence-electron chi connectivity index (χ3n) is 3.39. The molecule has 10 heteroatoms. The maximum absolute atomic E-state index is 13.9. The summed E-state index contributed by atoms with van der Waals surface area (Å²) >= 11 is 0. The van der Waals surface area contributed by atoms with Crippen molar-refractivity contribution in [2.24, 2.45) is 0 Å². The van der Waals surface area contributed by atoms with Crippen LogP contribution in [0.3, 0.4) is 0 Å². The van der Waals surface area contributed by atoms with E-state index in [-0.39, 0.29) is 11.3 Å². The van der Waals surface area contributed by atoms with Crippen LogP contribution in [0.2, 0.25) is 0 Å². The first-order valence-electron chi connectivity index (χ1n) is 6.72. The number of hydrogen-bond acceptors (Lipinski definition) is 2. The first kappa shape index (κ1) is 19.0. The summed E-state index contributed by atoms with van der Waals surface area (Å²) < 4.78 is 90.5. The number of hydrogen-bond donors (Lipinski definition) is 2. The van der Waals surface area contributed by atoms with Gasteiger partial charge in [-0.2, -0.15) is 31.4 Å². The minimum Gasteiger partial charge on any atom is -0.369 e. The predicted molar refractivity (Wildman–Crippen MR) is 74.8 cm³/mol. The third-order valence-corrected chi connectivity index (χ3v) is 3.39. The molecule has 0 unspecified atom stereocenters. The Morgan fingerprint density at radius 1 is 1.04 bits per heavy atom. The zero-order chi connectivity index (χ0) is 19.0. The van der Waals surface area contributed by atoms with Crippen LogP contribution in [0, 0.1) is 6.92 Å². The van der Waals surface area contributed by atoms with Crippen molar-refractivity contribution in [3.63, 3.8) is 0 Å². The van der Waals surface area contributed by atoms with Crippen molar-refractivity contribution in [1.29, 1.82) is 0 Å². The van der Waals surface area contributed by atoms with Crippen LogP contribution in [-0.2, 0) is 5.60 Å². The molecule has 0 aliphatic carbocycles. The number of aromatic amines is 1. The molecule has 0 atom stereocenters. The van der Waals surface area contributed by atoms with Crippen LogP contribution in [-0.4, -0.2) is 27.7 Å². The van der Waals surface area contributed by atoms with Gasteiger partial charge in [0, 0.05) is 11.3 Å². The number of benzene rings is 1. The van der Waals surface area contributed by atoms with Crippen LogP contribution in [0.25, 0.3) is 11.9 Å². The van der Waals surface area contributed by atoms with Crippen LogP contribution in [0.5, 0.6) is 0 Å². The van der Waals surface area contributed by atoms with Crippen molar-refractivity contribution in [3.8, 4) is 0 Å². The van der Waals surface area contributed by atoms with E-state index in [4.69, 9.17) is 0 Å². The topological polar surface area (TPSA) is 48.9 Å². The molecule has 1 aromatic heterocycles. The average Bonchev–Trinajstić information content (AvgIpc) is 2.91. The first-order chi connectivity index (χ1) is 11.4. The molecule has 0 radical (unpaired) electrons. The lowest BCUT2D eigenvalue weighted by Crippen LogP contribution is -2.53. The largest absolute Gasteiger partial charge is 0.430 e. The van der Waals surface area contributed by atoms with Crippen LogP contribution < -0.4 is 0 Å². The summed E-state index contributed by atoms with van der Waals surface area (Å²) in [5.74, 6) is -0.834. The maximum atomic E-state index is 13.9. The zero-order valence-corrected chi connectivity index (χ0v) is 12.5. The van der Waals surface area contributed by atoms with Crippen molar-refractivity contribution < 1.29 is 35.8 Å². The van der Waals surface area contributed by atoms with E-state index in [9.17, 15) is 35.8 Å². The molecule has 136 valence electrons. The molecular formula is C15H11F7N2O. The summed E-state index contributed by atoms with van der Waals surface area (Å²) in [6, 6.07) is 3.91. The van der Waals surface area contributed by atoms with Gasteiger partial charge in [0.25, 0.3) is 5.60 Å². The van der Waals surface area contributed by atoms with Gasteiger partial charge in [0.05, 0.1) is 0 Å². The van der Waals surface area contributed by atoms with Gasteiger partial charge in [-0.25, -0.2) is 4.39 Å². The molecule has 0 saturated heterocycles. The summed E-state index contributed by atoms with van der Waals surface area (Å²) in [6.45, 7) is 1.62. The maximum Gasteiger partial charge on any atom is 0.430 e. The monoisotopic (exact) mass is 368 g/mol. The molecule has 2 rings (SSSR count). The smallest absolute Gasteiger partial charge is 0.369 e. The molecule has 3 nitrogen and oxygen atoms in total. The Labute approximate surface area is 136 Å². The Hall–Kier alpha value is -2.36. The molecule has 25 heavy (non-hydrogen) atoms. The summed E-state index contributed by atoms with van der Waals surface area (Å²) in [5.41, 5.74) is -5.94. The first-order valence-corrected chi connectivity index (χ1v) is 6.72. The highest BCUT2D eigenvalue weighted by Gasteiger charge is 2.71. The number of aryl methyl sites for hydroxylation is 1. The molecule has 0 spiro atoms. The quantitative estimate of drug-likeness (QED) is 0.784. The molecule has 0 amide bonds. The molecule has 2 N–H and O–H groups in total. The van der Waals surface area contributed by atoms with Crippen molar-refractivity contribution in [1.82, 2.24) is 10.2 Å². The molecule has 0 aliphatic heterocycles. The number of rotatable bonds is 3. The van der Waals surface area contributed by atoms with Gasteiger partial charge in [0.2, 0.25) is 0 Å². The molecule has 0 saturated carbocycles. The summed E-state index contributed by atoms with van der Waals surface area (Å²) in [5, 5.41) is 15.4. The van der Waals surface area contributed by atoms with Gasteiger partial charge in [-0.05, 0) is 24.6 Å². The van der Waals surface area contributed by atoms with Gasteiger partial charge < -0.3 is 5.11 Å². The highest BCUT2D eigenvalue weighted by atomic mass is 19.4. The van der Waals surface area contributed by atoms with Crippen LogP contribution >= 0.6 is 0 Å². The van der Waals surface area contributed by atoms with E-state index in [0.717, 1.165) is 18.2 Å². The normalized spacial score (nSPS) is 14.0. The number of nitrogens with zero attached hydrogens (tertiary/aromatic N) is 1. The molecule has 1 heterocycles. The standard InChI is InChI=1S/C15H11F7N2O/c1-8-6-12(24-23-8)11(16)7-9-2-4-10(5-3-9)13(25,14(17,18)19)15(20,21)22/h2-7,25H,1H3,(H,23,24). The van der Waals surface area contributed by atoms with Gasteiger partial charge in [-0.15, -0.1) is 0 Å². The molecule has 0 fully saturated rings. The van der Waals surface area contributed by atoms with E-state index in [2.05, 4.69) is 10.2 Å². The lowest BCUT2D eigenvalue weighted by molar-refractivity contribution is -0.376. The van der Waals surface area contributed by atoms with Gasteiger partial charge in [0.15, 0.2) is 5.83 Å². The van der Waals surface area contributed by atoms with Gasteiger partial charge >= 0.3 is 12.4 Å². The van der Waals surface area contributed by atoms with Gasteiger partial charge in [-0.1, -0.05) is 24.3 Å². The Morgan fingerprint density at radius 2 is 1.56 bits per heavy atom. The zero-order valence-electron chi connectivity index (χ0n) is 12.5. The second-order valence-electron chi connectivity index (χ2n) is 5.26. The predicted octanol–water partition coefficient (Wildman–Crippen LogP) is 4.50. The number of H-pyrrole nitrogens is 1. The van der Waals surface area contributed by atoms with Crippen molar-refractivity contribution in [2.75, 3.05) is 0 Å². The fraction of sp³-hybridized carbons (Fsp3) is 0.267. The van der Waals surface area contributed by atoms with Crippen LogP contribution in [0.15, 0.2) is 30.3 Å². The highest BCUT2D eigenvalue weighted by molar-refractivity contribution is 5.75. The fourth-order valence-electron chi connectivity index (χ4n) is 2.07. The van der Waals surface area contributed by atoms with Crippen LogP contribution in [0.4, 0.5) is 30.7 Å². The van der Waals surface area contributed by atoms with Crippen molar-refractivity contribution in [2.45, 2.75) is 24.9 Å². The number of halogens is 7. The van der Waals surface area contributed by atoms with E-state index < -0.39 is 29.3 Å². The van der Waals surface area contributed by atoms with E-state index in [1.54, 1.807) is 6.92 Å². The third kappa shape index (κ3) is 3.53. The van der Waals surface area contributed by atoms with Gasteiger partial charge in [0.1, 0.15) is 5.69 Å². The molecule has 1 aromatic carbocycles. The number of nitrogens with one attached hydrogen (secondary N) is 1. The second-order valence-corrected chi connectivity index (χ2v) is 5.26. The summed E-state index contributed by atoms with van der Waals surface area (Å²) in [6.07, 6.45) is -11.1. The minimum atomic E-state index is -5.97. The van der Waals surface area contributed by atoms with E-state index >= 15 is 0 Å². The second kappa shape index (κ2) is 6.17. The minimum absolute atomic E-state index is 0.00592. The highest BCUT2D eigenvalue weighted by Crippen LogP contribution is 2.49. The summed E-state index contributed by atoms with van der Waals surface area (Å²) in [7, 11) is 0. The molecular weight excluding hydrogens is 357 g/mol. The van der Waals surface area contributed by atoms with Crippen molar-refractivity contribution >= 4 is 11.9 Å². The Kier molecular flexibility index (Phi) is 4.69. The number of alkyl halides is 6. The number of aromatic nitrogens is 2. The molecule has 2 aromatic rings. The number of aliphatic hydroxyl groups is 1. The Balaban J connectivity index is 2.39. The van der Waals surface area contributed by atoms with E-state index in [1.165, 1.54) is 6.07 Å². The molecule has 0 aliphatic rings. The Bertz CT molecular complexity index is 758. The Morgan fingerprint density at radius 3 is 1.96 bits per heavy atom. The SMILES string of the molecule is Cc1cc(C(F)=Cc2ccc(C(O)(C(F)(F)F)C(F)(F)F)cc2)n[nH]1. The van der Waals surface area contributed by atoms with E-state index in [0.29, 0.717) is 17.8 Å². The van der Waals surface area contributed by atoms with Crippen molar-refractivity contribution in [3.05, 3.63) is 52.8 Å². The lowest BCUT2D eigenvalue weighted by Gasteiger charge is -2.32. The van der Waals surface area contributed by atoms with E-state index in [1.807, 2.05) is 0 Å². The fourth-order valence-corrected chi connectivity index (χ4v) is 2.07. The van der Waals surface area contributed by atoms with Gasteiger partial charge in [-0.3, -0.25) is 5.10 Å². The molecule has 0 bridgehead atoms. The van der Waals surface area contributed by atoms with Crippen LogP contribution in [0.1, 0.15) is 22.5 Å².